The van der Waals surface area contributed by atoms with Crippen molar-refractivity contribution in [3.63, 3.8) is 0 Å². The molecule has 4 aromatic rings. The zero-order valence-electron chi connectivity index (χ0n) is 16.3. The lowest BCUT2D eigenvalue weighted by atomic mass is 10.2. The molecule has 0 unspecified atom stereocenters. The van der Waals surface area contributed by atoms with Gasteiger partial charge in [-0.25, -0.2) is 13.2 Å². The van der Waals surface area contributed by atoms with Crippen molar-refractivity contribution >= 4 is 33.0 Å². The second kappa shape index (κ2) is 8.70. The molecule has 1 N–H and O–H groups in total. The fourth-order valence-corrected chi connectivity index (χ4v) is 4.48. The van der Waals surface area contributed by atoms with E-state index < -0.39 is 16.0 Å². The number of sulfonamides is 1. The van der Waals surface area contributed by atoms with Crippen LogP contribution in [-0.4, -0.2) is 24.5 Å². The lowest BCUT2D eigenvalue weighted by Gasteiger charge is -2.10. The summed E-state index contributed by atoms with van der Waals surface area (Å²) in [5.41, 5.74) is 2.25. The largest absolute Gasteiger partial charge is 0.452 e. The Labute approximate surface area is 182 Å². The van der Waals surface area contributed by atoms with Crippen LogP contribution in [0, 0.1) is 6.92 Å². The van der Waals surface area contributed by atoms with Gasteiger partial charge in [0.15, 0.2) is 6.61 Å². The molecule has 0 amide bonds. The molecule has 0 spiro atoms. The first-order valence-corrected chi connectivity index (χ1v) is 11.6. The summed E-state index contributed by atoms with van der Waals surface area (Å²) in [6.45, 7) is 1.63. The molecule has 158 valence electrons. The Balaban J connectivity index is 1.44. The van der Waals surface area contributed by atoms with E-state index in [9.17, 15) is 13.2 Å². The molecule has 0 bridgehead atoms. The van der Waals surface area contributed by atoms with Gasteiger partial charge in [0.2, 0.25) is 5.82 Å². The number of aromatic nitrogens is 2. The number of carbonyl (C=O) groups is 1. The number of rotatable bonds is 7. The summed E-state index contributed by atoms with van der Waals surface area (Å²) in [6.07, 6.45) is 0. The lowest BCUT2D eigenvalue weighted by Crippen LogP contribution is -2.14. The van der Waals surface area contributed by atoms with Crippen LogP contribution >= 0.6 is 11.3 Å². The molecule has 0 aliphatic rings. The molecule has 0 saturated heterocycles. The van der Waals surface area contributed by atoms with Crippen LogP contribution in [-0.2, 0) is 21.4 Å². The topological polar surface area (TPSA) is 111 Å². The third kappa shape index (κ3) is 4.98. The third-order valence-corrected chi connectivity index (χ3v) is 6.29. The molecule has 0 radical (unpaired) electrons. The average Bonchev–Trinajstić information content (AvgIpc) is 3.44. The second-order valence-corrected chi connectivity index (χ2v) is 9.07. The Hall–Kier alpha value is -3.50. The van der Waals surface area contributed by atoms with Crippen LogP contribution in [0.25, 0.3) is 11.4 Å². The smallest absolute Gasteiger partial charge is 0.338 e. The quantitative estimate of drug-likeness (QED) is 0.414. The number of nitrogens with zero attached hydrogens (tertiary/aromatic N) is 2. The molecule has 0 saturated carbocycles. The molecule has 0 atom stereocenters. The van der Waals surface area contributed by atoms with Gasteiger partial charge in [-0.3, -0.25) is 4.72 Å². The third-order valence-electron chi connectivity index (χ3n) is 4.22. The maximum Gasteiger partial charge on any atom is 0.338 e. The number of nitrogens with one attached hydrogen (secondary N) is 1. The van der Waals surface area contributed by atoms with Crippen molar-refractivity contribution in [1.82, 2.24) is 10.1 Å². The first-order valence-electron chi connectivity index (χ1n) is 9.12. The van der Waals surface area contributed by atoms with Crippen LogP contribution in [0.1, 0.15) is 21.8 Å². The van der Waals surface area contributed by atoms with E-state index in [1.807, 2.05) is 29.8 Å². The van der Waals surface area contributed by atoms with Gasteiger partial charge in [0.25, 0.3) is 15.9 Å². The minimum atomic E-state index is -3.87. The van der Waals surface area contributed by atoms with Crippen molar-refractivity contribution in [3.8, 4) is 11.4 Å². The van der Waals surface area contributed by atoms with E-state index in [1.54, 1.807) is 18.2 Å². The fourth-order valence-electron chi connectivity index (χ4n) is 2.75. The molecule has 0 fully saturated rings. The van der Waals surface area contributed by atoms with E-state index in [0.29, 0.717) is 11.5 Å². The fraction of sp³-hybridized carbons (Fsp3) is 0.0952. The molecule has 0 aliphatic heterocycles. The number of hydrogen-bond donors (Lipinski definition) is 1. The zero-order chi connectivity index (χ0) is 21.8. The van der Waals surface area contributed by atoms with Gasteiger partial charge in [-0.05, 0) is 54.3 Å². The number of ether oxygens (including phenoxy) is 1. The van der Waals surface area contributed by atoms with Gasteiger partial charge >= 0.3 is 5.97 Å². The maximum atomic E-state index is 12.7. The summed E-state index contributed by atoms with van der Waals surface area (Å²) in [5, 5.41) is 7.60. The molecule has 31 heavy (non-hydrogen) atoms. The molecule has 2 heterocycles. The van der Waals surface area contributed by atoms with Gasteiger partial charge < -0.3 is 9.26 Å². The molecular weight excluding hydrogens is 438 g/mol. The van der Waals surface area contributed by atoms with Crippen molar-refractivity contribution in [2.45, 2.75) is 18.4 Å². The van der Waals surface area contributed by atoms with Crippen LogP contribution in [0.5, 0.6) is 0 Å². The van der Waals surface area contributed by atoms with Gasteiger partial charge in [-0.1, -0.05) is 23.4 Å². The number of carbonyl (C=O) groups excluding carboxylic acids is 1. The van der Waals surface area contributed by atoms with E-state index in [0.717, 1.165) is 11.1 Å². The van der Waals surface area contributed by atoms with E-state index in [-0.39, 0.29) is 23.0 Å². The van der Waals surface area contributed by atoms with Crippen molar-refractivity contribution in [1.29, 1.82) is 0 Å². The number of aryl methyl sites for hydroxylation is 1. The van der Waals surface area contributed by atoms with Crippen molar-refractivity contribution in [2.75, 3.05) is 4.72 Å². The maximum absolute atomic E-state index is 12.7. The Bertz CT molecular complexity index is 1310. The second-order valence-electron chi connectivity index (χ2n) is 6.60. The molecule has 2 aromatic heterocycles. The van der Waals surface area contributed by atoms with Crippen LogP contribution in [0.3, 0.4) is 0 Å². The molecule has 8 nitrogen and oxygen atoms in total. The van der Waals surface area contributed by atoms with Gasteiger partial charge in [0.05, 0.1) is 10.5 Å². The summed E-state index contributed by atoms with van der Waals surface area (Å²) in [5.74, 6) is -0.162. The summed E-state index contributed by atoms with van der Waals surface area (Å²) in [4.78, 5) is 16.5. The summed E-state index contributed by atoms with van der Waals surface area (Å²) < 4.78 is 38.2. The standard InChI is InChI=1S/C21H17N3O5S2/c1-14-4-2-6-17(10-14)24-31(26,27)18-7-3-5-15(11-18)21(25)28-12-19-22-20(23-29-19)16-8-9-30-13-16/h2-11,13,24H,12H2,1H3. The predicted octanol–water partition coefficient (Wildman–Crippen LogP) is 4.26. The number of anilines is 1. The highest BCUT2D eigenvalue weighted by atomic mass is 32.2. The normalized spacial score (nSPS) is 11.3. The summed E-state index contributed by atoms with van der Waals surface area (Å²) in [7, 11) is -3.87. The van der Waals surface area contributed by atoms with E-state index in [1.165, 1.54) is 35.6 Å². The molecule has 2 aromatic carbocycles. The number of thiophene rings is 1. The SMILES string of the molecule is Cc1cccc(NS(=O)(=O)c2cccc(C(=O)OCc3nc(-c4ccsc4)no3)c2)c1. The van der Waals surface area contributed by atoms with Crippen LogP contribution in [0.2, 0.25) is 0 Å². The number of hydrogen-bond acceptors (Lipinski definition) is 8. The Kier molecular flexibility index (Phi) is 5.83. The minimum absolute atomic E-state index is 0.0546. The van der Waals surface area contributed by atoms with Gasteiger partial charge in [0, 0.05) is 16.6 Å². The molecular formula is C21H17N3O5S2. The Morgan fingerprint density at radius 2 is 2.00 bits per heavy atom. The Morgan fingerprint density at radius 3 is 2.77 bits per heavy atom. The zero-order valence-corrected chi connectivity index (χ0v) is 17.9. The highest BCUT2D eigenvalue weighted by molar-refractivity contribution is 7.92. The van der Waals surface area contributed by atoms with E-state index in [2.05, 4.69) is 14.9 Å². The van der Waals surface area contributed by atoms with Gasteiger partial charge in [0.1, 0.15) is 0 Å². The average molecular weight is 456 g/mol. The van der Waals surface area contributed by atoms with Crippen molar-refractivity contribution in [3.05, 3.63) is 82.4 Å². The molecule has 4 rings (SSSR count). The van der Waals surface area contributed by atoms with Crippen LogP contribution < -0.4 is 4.72 Å². The first kappa shape index (κ1) is 20.8. The van der Waals surface area contributed by atoms with Gasteiger partial charge in [-0.15, -0.1) is 0 Å². The van der Waals surface area contributed by atoms with Gasteiger partial charge in [-0.2, -0.15) is 16.3 Å². The number of benzene rings is 2. The first-order chi connectivity index (χ1) is 14.9. The van der Waals surface area contributed by atoms with Crippen LogP contribution in [0.15, 0.2) is 74.8 Å². The predicted molar refractivity (Wildman–Crippen MR) is 115 cm³/mol. The summed E-state index contributed by atoms with van der Waals surface area (Å²) in [6, 6.07) is 14.4. The lowest BCUT2D eigenvalue weighted by molar-refractivity contribution is 0.0429. The molecule has 0 aliphatic carbocycles. The highest BCUT2D eigenvalue weighted by Gasteiger charge is 2.18. The van der Waals surface area contributed by atoms with Crippen molar-refractivity contribution < 1.29 is 22.5 Å². The summed E-state index contributed by atoms with van der Waals surface area (Å²) >= 11 is 1.50. The van der Waals surface area contributed by atoms with E-state index in [4.69, 9.17) is 9.26 Å². The Morgan fingerprint density at radius 1 is 1.16 bits per heavy atom. The van der Waals surface area contributed by atoms with Crippen LogP contribution in [0.4, 0.5) is 5.69 Å². The highest BCUT2D eigenvalue weighted by Crippen LogP contribution is 2.20. The van der Waals surface area contributed by atoms with E-state index >= 15 is 0 Å². The number of esters is 1. The minimum Gasteiger partial charge on any atom is -0.452 e. The monoisotopic (exact) mass is 455 g/mol. The van der Waals surface area contributed by atoms with Crippen molar-refractivity contribution in [2.24, 2.45) is 0 Å². The molecule has 10 heteroatoms.